The zero-order valence-electron chi connectivity index (χ0n) is 10.6. The quantitative estimate of drug-likeness (QED) is 0.598. The molecule has 19 heavy (non-hydrogen) atoms. The summed E-state index contributed by atoms with van der Waals surface area (Å²) in [5, 5.41) is 20.4. The van der Waals surface area contributed by atoms with E-state index < -0.39 is 23.5 Å². The second-order valence-corrected chi connectivity index (χ2v) is 5.67. The van der Waals surface area contributed by atoms with Gasteiger partial charge in [-0.25, -0.2) is 0 Å². The lowest BCUT2D eigenvalue weighted by atomic mass is 10.1. The first-order chi connectivity index (χ1) is 9.11. The Labute approximate surface area is 115 Å². The molecule has 0 aromatic heterocycles. The molecular formula is C13H19NO4S. The summed E-state index contributed by atoms with van der Waals surface area (Å²) in [6.45, 7) is 0.0456. The van der Waals surface area contributed by atoms with Gasteiger partial charge >= 0.3 is 0 Å². The molecule has 0 aliphatic rings. The molecule has 3 N–H and O–H groups in total. The average Bonchev–Trinajstić information content (AvgIpc) is 2.39. The first kappa shape index (κ1) is 15.8. The molecule has 0 saturated heterocycles. The topological polar surface area (TPSA) is 86.6 Å². The zero-order chi connectivity index (χ0) is 14.1. The molecule has 2 unspecified atom stereocenters. The van der Waals surface area contributed by atoms with E-state index in [0.29, 0.717) is 6.54 Å². The maximum atomic E-state index is 11.5. The van der Waals surface area contributed by atoms with Crippen LogP contribution in [0.5, 0.6) is 0 Å². The Balaban J connectivity index is 2.19. The summed E-state index contributed by atoms with van der Waals surface area (Å²) >= 11 is 0. The molecule has 0 aliphatic carbocycles. The minimum atomic E-state index is -1.45. The van der Waals surface area contributed by atoms with Crippen LogP contribution in [0.2, 0.25) is 0 Å². The van der Waals surface area contributed by atoms with Crippen molar-refractivity contribution in [1.82, 2.24) is 5.32 Å². The molecule has 0 bridgehead atoms. The van der Waals surface area contributed by atoms with E-state index in [1.165, 1.54) is 0 Å². The Hall–Kier alpha value is -1.24. The van der Waals surface area contributed by atoms with Gasteiger partial charge in [0.05, 0.1) is 18.5 Å². The standard InChI is InChI=1S/C13H19NO4S/c15-8-12(16)9-19(18)10-13(17)14-7-6-11-4-2-1-3-5-11/h1-5,12,15-16H,6-10H2,(H,14,17). The van der Waals surface area contributed by atoms with E-state index in [2.05, 4.69) is 5.32 Å². The molecule has 1 aromatic carbocycles. The average molecular weight is 285 g/mol. The lowest BCUT2D eigenvalue weighted by Crippen LogP contribution is -2.32. The molecular weight excluding hydrogens is 266 g/mol. The van der Waals surface area contributed by atoms with Gasteiger partial charge in [-0.3, -0.25) is 9.00 Å². The number of carbonyl (C=O) groups is 1. The summed E-state index contributed by atoms with van der Waals surface area (Å²) in [7, 11) is -1.45. The highest BCUT2D eigenvalue weighted by Crippen LogP contribution is 1.98. The van der Waals surface area contributed by atoms with Gasteiger partial charge in [-0.2, -0.15) is 0 Å². The SMILES string of the molecule is O=C(CS(=O)CC(O)CO)NCCc1ccccc1. The summed E-state index contributed by atoms with van der Waals surface area (Å²) in [4.78, 5) is 11.5. The third-order valence-electron chi connectivity index (χ3n) is 2.46. The lowest BCUT2D eigenvalue weighted by Gasteiger charge is -2.07. The third-order valence-corrected chi connectivity index (χ3v) is 3.80. The first-order valence-corrected chi connectivity index (χ1v) is 7.55. The monoisotopic (exact) mass is 285 g/mol. The van der Waals surface area contributed by atoms with Crippen molar-refractivity contribution >= 4 is 16.7 Å². The van der Waals surface area contributed by atoms with Crippen LogP contribution in [0.15, 0.2) is 30.3 Å². The van der Waals surface area contributed by atoms with Crippen LogP contribution < -0.4 is 5.32 Å². The van der Waals surface area contributed by atoms with Gasteiger partial charge in [-0.15, -0.1) is 0 Å². The van der Waals surface area contributed by atoms with Crippen LogP contribution in [0.4, 0.5) is 0 Å². The van der Waals surface area contributed by atoms with Crippen molar-refractivity contribution in [2.45, 2.75) is 12.5 Å². The van der Waals surface area contributed by atoms with Gasteiger partial charge in [-0.1, -0.05) is 30.3 Å². The molecule has 0 spiro atoms. The predicted octanol–water partition coefficient (Wildman–Crippen LogP) is -0.553. The minimum absolute atomic E-state index is 0.0807. The summed E-state index contributed by atoms with van der Waals surface area (Å²) < 4.78 is 11.4. The van der Waals surface area contributed by atoms with Crippen LogP contribution in [0.25, 0.3) is 0 Å². The van der Waals surface area contributed by atoms with Crippen molar-refractivity contribution < 1.29 is 19.2 Å². The number of carbonyl (C=O) groups excluding carboxylic acids is 1. The smallest absolute Gasteiger partial charge is 0.232 e. The Bertz CT molecular complexity index is 410. The van der Waals surface area contributed by atoms with Crippen LogP contribution in [0.3, 0.4) is 0 Å². The largest absolute Gasteiger partial charge is 0.394 e. The maximum absolute atomic E-state index is 11.5. The van der Waals surface area contributed by atoms with E-state index >= 15 is 0 Å². The van der Waals surface area contributed by atoms with Crippen LogP contribution in [0, 0.1) is 0 Å². The van der Waals surface area contributed by atoms with Gasteiger partial charge in [0.25, 0.3) is 0 Å². The van der Waals surface area contributed by atoms with Crippen molar-refractivity contribution in [3.63, 3.8) is 0 Å². The molecule has 0 saturated carbocycles. The third kappa shape index (κ3) is 7.05. The summed E-state index contributed by atoms with van der Waals surface area (Å²) in [6, 6.07) is 9.74. The Morgan fingerprint density at radius 3 is 2.63 bits per heavy atom. The Kier molecular flexibility index (Phi) is 7.32. The molecule has 0 fully saturated rings. The number of amides is 1. The molecule has 0 radical (unpaired) electrons. The van der Waals surface area contributed by atoms with Gasteiger partial charge < -0.3 is 15.5 Å². The first-order valence-electron chi connectivity index (χ1n) is 6.06. The van der Waals surface area contributed by atoms with Gasteiger partial charge in [0.2, 0.25) is 5.91 Å². The van der Waals surface area contributed by atoms with Gasteiger partial charge in [0, 0.05) is 17.3 Å². The fourth-order valence-electron chi connectivity index (χ4n) is 1.51. The lowest BCUT2D eigenvalue weighted by molar-refractivity contribution is -0.118. The second kappa shape index (κ2) is 8.79. The number of hydrogen-bond donors (Lipinski definition) is 3. The van der Waals surface area contributed by atoms with Crippen molar-refractivity contribution in [3.05, 3.63) is 35.9 Å². The van der Waals surface area contributed by atoms with E-state index in [0.717, 1.165) is 12.0 Å². The highest BCUT2D eigenvalue weighted by atomic mass is 32.2. The van der Waals surface area contributed by atoms with Crippen LogP contribution in [-0.2, 0) is 22.0 Å². The number of hydrogen-bond acceptors (Lipinski definition) is 4. The zero-order valence-corrected chi connectivity index (χ0v) is 11.4. The Morgan fingerprint density at radius 2 is 2.00 bits per heavy atom. The van der Waals surface area contributed by atoms with Crippen molar-refractivity contribution in [2.75, 3.05) is 24.7 Å². The van der Waals surface area contributed by atoms with Gasteiger partial charge in [0.15, 0.2) is 0 Å². The van der Waals surface area contributed by atoms with Crippen LogP contribution in [0.1, 0.15) is 5.56 Å². The molecule has 106 valence electrons. The van der Waals surface area contributed by atoms with Crippen LogP contribution >= 0.6 is 0 Å². The predicted molar refractivity (Wildman–Crippen MR) is 74.1 cm³/mol. The fourth-order valence-corrected chi connectivity index (χ4v) is 2.56. The van der Waals surface area contributed by atoms with E-state index in [1.807, 2.05) is 30.3 Å². The number of nitrogens with one attached hydrogen (secondary N) is 1. The Morgan fingerprint density at radius 1 is 1.32 bits per heavy atom. The molecule has 2 atom stereocenters. The molecule has 6 heteroatoms. The molecule has 0 aliphatic heterocycles. The van der Waals surface area contributed by atoms with E-state index in [4.69, 9.17) is 10.2 Å². The van der Waals surface area contributed by atoms with E-state index in [-0.39, 0.29) is 17.4 Å². The van der Waals surface area contributed by atoms with Crippen LogP contribution in [-0.4, -0.2) is 51.1 Å². The van der Waals surface area contributed by atoms with E-state index in [1.54, 1.807) is 0 Å². The second-order valence-electron chi connectivity index (χ2n) is 4.17. The highest BCUT2D eigenvalue weighted by Gasteiger charge is 2.12. The molecule has 1 aromatic rings. The molecule has 0 heterocycles. The van der Waals surface area contributed by atoms with Crippen molar-refractivity contribution in [2.24, 2.45) is 0 Å². The van der Waals surface area contributed by atoms with Gasteiger partial charge in [-0.05, 0) is 12.0 Å². The number of benzene rings is 1. The molecule has 1 amide bonds. The van der Waals surface area contributed by atoms with Crippen molar-refractivity contribution in [3.8, 4) is 0 Å². The number of aliphatic hydroxyl groups excluding tert-OH is 2. The fraction of sp³-hybridized carbons (Fsp3) is 0.462. The van der Waals surface area contributed by atoms with Crippen molar-refractivity contribution in [1.29, 1.82) is 0 Å². The minimum Gasteiger partial charge on any atom is -0.394 e. The normalized spacial score (nSPS) is 13.8. The van der Waals surface area contributed by atoms with E-state index in [9.17, 15) is 9.00 Å². The molecule has 1 rings (SSSR count). The summed E-state index contributed by atoms with van der Waals surface area (Å²) in [6.07, 6.45) is -0.309. The molecule has 5 nitrogen and oxygen atoms in total. The highest BCUT2D eigenvalue weighted by molar-refractivity contribution is 7.85. The number of rotatable bonds is 8. The number of aliphatic hydroxyl groups is 2. The van der Waals surface area contributed by atoms with Gasteiger partial charge in [0.1, 0.15) is 5.75 Å². The summed E-state index contributed by atoms with van der Waals surface area (Å²) in [5.41, 5.74) is 1.12. The maximum Gasteiger partial charge on any atom is 0.232 e. The summed E-state index contributed by atoms with van der Waals surface area (Å²) in [5.74, 6) is -0.534.